The lowest BCUT2D eigenvalue weighted by atomic mass is 9.92. The normalized spacial score (nSPS) is 22.8. The van der Waals surface area contributed by atoms with E-state index in [1.165, 1.54) is 11.3 Å². The molecule has 250 valence electrons. The molecule has 0 aliphatic carbocycles. The van der Waals surface area contributed by atoms with Gasteiger partial charge in [0, 0.05) is 67.7 Å². The van der Waals surface area contributed by atoms with Gasteiger partial charge in [0.15, 0.2) is 0 Å². The monoisotopic (exact) mass is 650 g/mol. The summed E-state index contributed by atoms with van der Waals surface area (Å²) in [7, 11) is 0. The predicted molar refractivity (Wildman–Crippen MR) is 178 cm³/mol. The molecular weight excluding hydrogens is 608 g/mol. The quantitative estimate of drug-likeness (QED) is 0.350. The highest BCUT2D eigenvalue weighted by atomic mass is 16.5. The van der Waals surface area contributed by atoms with E-state index in [4.69, 9.17) is 9.72 Å². The largest absolute Gasteiger partial charge is 0.380 e. The second-order valence-electron chi connectivity index (χ2n) is 13.8. The number of imide groups is 1. The minimum atomic E-state index is -0.614. The van der Waals surface area contributed by atoms with Gasteiger partial charge in [-0.3, -0.25) is 29.6 Å². The fourth-order valence-corrected chi connectivity index (χ4v) is 7.65. The van der Waals surface area contributed by atoms with Crippen LogP contribution >= 0.6 is 0 Å². The van der Waals surface area contributed by atoms with E-state index in [0.717, 1.165) is 88.6 Å². The van der Waals surface area contributed by atoms with Gasteiger partial charge in [-0.15, -0.1) is 0 Å². The number of hydrogen-bond acceptors (Lipinski definition) is 10. The van der Waals surface area contributed by atoms with Crippen molar-refractivity contribution in [3.05, 3.63) is 76.9 Å². The number of pyridine rings is 1. The molecule has 12 nitrogen and oxygen atoms in total. The van der Waals surface area contributed by atoms with E-state index in [-0.39, 0.29) is 18.2 Å². The Kier molecular flexibility index (Phi) is 8.52. The van der Waals surface area contributed by atoms with Gasteiger partial charge in [-0.1, -0.05) is 12.1 Å². The third-order valence-electron chi connectivity index (χ3n) is 10.7. The van der Waals surface area contributed by atoms with E-state index >= 15 is 0 Å². The number of anilines is 2. The molecular formula is C36H42N8O4. The average Bonchev–Trinajstić information content (AvgIpc) is 3.41. The molecule has 0 spiro atoms. The number of hydrogen-bond donors (Lipinski definition) is 2. The standard InChI is InChI=1S/C36H42N8O4/c45-33-8-7-32(34(46)41-33)44-20-31-29(35(44)47)5-6-30(40-31)24-9-13-42(14-10-24)19-23-1-3-28(4-2-23)43-15-11-27(12-16-43)39-36-37-17-25(18-38-36)26-21-48-22-26/h1-6,17-18,24,26-27,32H,7-16,19-22H2,(H,37,38,39)(H,41,45,46). The summed E-state index contributed by atoms with van der Waals surface area (Å²) in [5.74, 6) is 0.657. The second kappa shape index (κ2) is 13.2. The molecule has 1 unspecified atom stereocenters. The lowest BCUT2D eigenvalue weighted by molar-refractivity contribution is -0.136. The fourth-order valence-electron chi connectivity index (χ4n) is 7.65. The topological polar surface area (TPSA) is 133 Å². The highest BCUT2D eigenvalue weighted by Crippen LogP contribution is 2.32. The zero-order valence-electron chi connectivity index (χ0n) is 27.1. The second-order valence-corrected chi connectivity index (χ2v) is 13.8. The van der Waals surface area contributed by atoms with Crippen LogP contribution in [-0.2, 0) is 27.4 Å². The maximum Gasteiger partial charge on any atom is 0.256 e. The highest BCUT2D eigenvalue weighted by Gasteiger charge is 2.40. The number of ether oxygens (including phenoxy) is 1. The number of likely N-dealkylation sites (tertiary alicyclic amines) is 1. The van der Waals surface area contributed by atoms with Crippen LogP contribution < -0.4 is 15.5 Å². The Bertz CT molecular complexity index is 1660. The molecule has 12 heteroatoms. The minimum Gasteiger partial charge on any atom is -0.380 e. The van der Waals surface area contributed by atoms with Crippen molar-refractivity contribution in [3.63, 3.8) is 0 Å². The fraction of sp³-hybridized carbons (Fsp3) is 0.500. The van der Waals surface area contributed by atoms with Crippen LogP contribution in [0, 0.1) is 0 Å². The zero-order chi connectivity index (χ0) is 32.6. The van der Waals surface area contributed by atoms with Gasteiger partial charge in [0.05, 0.1) is 31.0 Å². The summed E-state index contributed by atoms with van der Waals surface area (Å²) >= 11 is 0. The van der Waals surface area contributed by atoms with Crippen LogP contribution in [0.1, 0.15) is 83.2 Å². The zero-order valence-corrected chi connectivity index (χ0v) is 27.1. The van der Waals surface area contributed by atoms with Gasteiger partial charge in [0.25, 0.3) is 5.91 Å². The minimum absolute atomic E-state index is 0.173. The molecule has 3 amide bonds. The molecule has 2 aromatic heterocycles. The van der Waals surface area contributed by atoms with Crippen LogP contribution in [0.15, 0.2) is 48.8 Å². The van der Waals surface area contributed by atoms with E-state index in [9.17, 15) is 14.4 Å². The van der Waals surface area contributed by atoms with Crippen LogP contribution in [0.4, 0.5) is 11.6 Å². The summed E-state index contributed by atoms with van der Waals surface area (Å²) in [5, 5.41) is 5.89. The maximum absolute atomic E-state index is 13.0. The Balaban J connectivity index is 0.791. The molecule has 0 saturated carbocycles. The maximum atomic E-state index is 13.0. The van der Waals surface area contributed by atoms with E-state index in [2.05, 4.69) is 54.7 Å². The van der Waals surface area contributed by atoms with Gasteiger partial charge >= 0.3 is 0 Å². The Hall–Kier alpha value is -4.42. The molecule has 48 heavy (non-hydrogen) atoms. The Morgan fingerprint density at radius 2 is 1.60 bits per heavy atom. The number of benzene rings is 1. The van der Waals surface area contributed by atoms with Crippen LogP contribution in [0.3, 0.4) is 0 Å². The van der Waals surface area contributed by atoms with Crippen LogP contribution in [0.5, 0.6) is 0 Å². The van der Waals surface area contributed by atoms with Gasteiger partial charge in [0.1, 0.15) is 6.04 Å². The molecule has 3 aromatic rings. The number of fused-ring (bicyclic) bond motifs is 1. The number of amides is 3. The van der Waals surface area contributed by atoms with Crippen molar-refractivity contribution in [1.82, 2.24) is 30.1 Å². The Labute approximate surface area is 280 Å². The number of rotatable bonds is 8. The van der Waals surface area contributed by atoms with Gasteiger partial charge in [-0.05, 0) is 80.6 Å². The third kappa shape index (κ3) is 6.38. The number of aromatic nitrogens is 3. The number of carbonyl (C=O) groups excluding carboxylic acids is 3. The number of piperidine rings is 3. The molecule has 4 fully saturated rings. The first-order chi connectivity index (χ1) is 23.5. The third-order valence-corrected chi connectivity index (χ3v) is 10.7. The number of carbonyl (C=O) groups is 3. The molecule has 2 N–H and O–H groups in total. The molecule has 5 aliphatic heterocycles. The molecule has 4 saturated heterocycles. The molecule has 0 radical (unpaired) electrons. The first kappa shape index (κ1) is 30.9. The van der Waals surface area contributed by atoms with Gasteiger partial charge in [-0.2, -0.15) is 0 Å². The Morgan fingerprint density at radius 1 is 0.854 bits per heavy atom. The number of nitrogens with zero attached hydrogens (tertiary/aromatic N) is 6. The van der Waals surface area contributed by atoms with Gasteiger partial charge < -0.3 is 19.9 Å². The molecule has 1 aromatic carbocycles. The van der Waals surface area contributed by atoms with Crippen LogP contribution in [-0.4, -0.2) is 93.9 Å². The molecule has 0 bridgehead atoms. The van der Waals surface area contributed by atoms with Gasteiger partial charge in [0.2, 0.25) is 17.8 Å². The van der Waals surface area contributed by atoms with E-state index in [1.54, 1.807) is 4.90 Å². The first-order valence-corrected chi connectivity index (χ1v) is 17.3. The van der Waals surface area contributed by atoms with Gasteiger partial charge in [-0.25, -0.2) is 9.97 Å². The van der Waals surface area contributed by atoms with Crippen molar-refractivity contribution in [2.24, 2.45) is 0 Å². The smallest absolute Gasteiger partial charge is 0.256 e. The SMILES string of the molecule is O=C1CCC(N2Cc3nc(C4CCN(Cc5ccc(N6CCC(Nc7ncc(C8COC8)cn7)CC6)cc5)CC4)ccc3C2=O)C(=O)N1. The van der Waals surface area contributed by atoms with Crippen molar-refractivity contribution in [2.45, 2.75) is 75.5 Å². The average molecular weight is 651 g/mol. The molecule has 8 rings (SSSR count). The van der Waals surface area contributed by atoms with Crippen molar-refractivity contribution in [3.8, 4) is 0 Å². The van der Waals surface area contributed by atoms with Crippen molar-refractivity contribution in [1.29, 1.82) is 0 Å². The summed E-state index contributed by atoms with van der Waals surface area (Å²) in [6.07, 6.45) is 8.59. The molecule has 1 atom stereocenters. The summed E-state index contributed by atoms with van der Waals surface area (Å²) < 4.78 is 5.28. The summed E-state index contributed by atoms with van der Waals surface area (Å²) in [5.41, 5.74) is 6.09. The number of nitrogens with one attached hydrogen (secondary N) is 2. The molecule has 5 aliphatic rings. The molecule has 7 heterocycles. The summed E-state index contributed by atoms with van der Waals surface area (Å²) in [6, 6.07) is 12.7. The van der Waals surface area contributed by atoms with E-state index in [1.807, 2.05) is 24.5 Å². The highest BCUT2D eigenvalue weighted by molar-refractivity contribution is 6.05. The van der Waals surface area contributed by atoms with Crippen molar-refractivity contribution >= 4 is 29.4 Å². The van der Waals surface area contributed by atoms with Crippen molar-refractivity contribution in [2.75, 3.05) is 49.6 Å². The van der Waals surface area contributed by atoms with Crippen LogP contribution in [0.25, 0.3) is 0 Å². The van der Waals surface area contributed by atoms with E-state index in [0.29, 0.717) is 42.4 Å². The van der Waals surface area contributed by atoms with E-state index < -0.39 is 11.9 Å². The summed E-state index contributed by atoms with van der Waals surface area (Å²) in [4.78, 5) is 57.5. The lowest BCUT2D eigenvalue weighted by Crippen LogP contribution is -2.52. The summed E-state index contributed by atoms with van der Waals surface area (Å²) in [6.45, 7) is 6.78. The van der Waals surface area contributed by atoms with Crippen molar-refractivity contribution < 1.29 is 19.1 Å². The Morgan fingerprint density at radius 3 is 2.29 bits per heavy atom. The van der Waals surface area contributed by atoms with Crippen LogP contribution in [0.2, 0.25) is 0 Å². The first-order valence-electron chi connectivity index (χ1n) is 17.3. The lowest BCUT2D eigenvalue weighted by Gasteiger charge is -2.34. The predicted octanol–water partition coefficient (Wildman–Crippen LogP) is 3.21.